The van der Waals surface area contributed by atoms with Crippen LogP contribution in [-0.2, 0) is 13.0 Å². The van der Waals surface area contributed by atoms with Gasteiger partial charge in [-0.25, -0.2) is 14.8 Å². The lowest BCUT2D eigenvalue weighted by molar-refractivity contribution is 0.262. The molecular formula is C30H29IN6O2. The van der Waals surface area contributed by atoms with Gasteiger partial charge in [0.15, 0.2) is 5.76 Å². The summed E-state index contributed by atoms with van der Waals surface area (Å²) in [6, 6.07) is 25.4. The second-order valence-electron chi connectivity index (χ2n) is 9.36. The van der Waals surface area contributed by atoms with Gasteiger partial charge in [0.2, 0.25) is 5.71 Å². The highest BCUT2D eigenvalue weighted by Crippen LogP contribution is 2.36. The van der Waals surface area contributed by atoms with Crippen molar-refractivity contribution in [3.63, 3.8) is 0 Å². The summed E-state index contributed by atoms with van der Waals surface area (Å²) in [6.45, 7) is 1.43. The third-order valence-corrected chi connectivity index (χ3v) is 7.17. The van der Waals surface area contributed by atoms with E-state index < -0.39 is 0 Å². The Labute approximate surface area is 241 Å². The van der Waals surface area contributed by atoms with Gasteiger partial charge in [-0.05, 0) is 72.4 Å². The van der Waals surface area contributed by atoms with Crippen molar-refractivity contribution in [3.8, 4) is 11.3 Å². The van der Waals surface area contributed by atoms with Crippen LogP contribution in [0.1, 0.15) is 11.1 Å². The fourth-order valence-electron chi connectivity index (χ4n) is 4.29. The maximum absolute atomic E-state index is 12.6. The average Bonchev–Trinajstić information content (AvgIpc) is 3.28. The van der Waals surface area contributed by atoms with E-state index in [0.29, 0.717) is 12.3 Å². The third-order valence-electron chi connectivity index (χ3n) is 6.14. The average molecular weight is 633 g/mol. The van der Waals surface area contributed by atoms with E-state index in [1.54, 1.807) is 0 Å². The third kappa shape index (κ3) is 6.55. The normalized spacial score (nSPS) is 11.1. The summed E-state index contributed by atoms with van der Waals surface area (Å²) in [6.07, 6.45) is 2.30. The van der Waals surface area contributed by atoms with Crippen molar-refractivity contribution in [3.05, 3.63) is 99.9 Å². The van der Waals surface area contributed by atoms with E-state index in [4.69, 9.17) is 4.42 Å². The summed E-state index contributed by atoms with van der Waals surface area (Å²) < 4.78 is 7.04. The van der Waals surface area contributed by atoms with E-state index in [1.807, 2.05) is 93.0 Å². The summed E-state index contributed by atoms with van der Waals surface area (Å²) in [4.78, 5) is 23.5. The molecule has 5 aromatic rings. The first kappa shape index (κ1) is 26.6. The molecule has 0 aliphatic carbocycles. The van der Waals surface area contributed by atoms with Crippen LogP contribution in [0.4, 0.5) is 22.0 Å². The first-order valence-corrected chi connectivity index (χ1v) is 13.7. The van der Waals surface area contributed by atoms with Crippen LogP contribution in [0.25, 0.3) is 22.4 Å². The van der Waals surface area contributed by atoms with Gasteiger partial charge >= 0.3 is 6.03 Å². The quantitative estimate of drug-likeness (QED) is 0.154. The molecule has 2 aromatic heterocycles. The molecule has 0 bridgehead atoms. The molecule has 2 amide bonds. The van der Waals surface area contributed by atoms with Crippen molar-refractivity contribution in [1.82, 2.24) is 14.9 Å². The molecule has 0 radical (unpaired) electrons. The lowest BCUT2D eigenvalue weighted by atomic mass is 10.1. The monoisotopic (exact) mass is 632 g/mol. The van der Waals surface area contributed by atoms with Gasteiger partial charge in [0.05, 0.1) is 8.96 Å². The molecule has 3 N–H and O–H groups in total. The zero-order valence-electron chi connectivity index (χ0n) is 21.7. The van der Waals surface area contributed by atoms with E-state index in [2.05, 4.69) is 53.4 Å². The van der Waals surface area contributed by atoms with Crippen LogP contribution in [0.3, 0.4) is 0 Å². The molecule has 2 heterocycles. The van der Waals surface area contributed by atoms with Crippen LogP contribution in [-0.4, -0.2) is 41.5 Å². The number of carbonyl (C=O) groups excluding carboxylic acids is 1. The van der Waals surface area contributed by atoms with Gasteiger partial charge < -0.3 is 25.3 Å². The largest absolute Gasteiger partial charge is 0.436 e. The van der Waals surface area contributed by atoms with E-state index in [-0.39, 0.29) is 6.03 Å². The highest BCUT2D eigenvalue weighted by molar-refractivity contribution is 14.1. The Hall–Kier alpha value is -3.96. The molecule has 0 saturated carbocycles. The Morgan fingerprint density at radius 3 is 2.44 bits per heavy atom. The van der Waals surface area contributed by atoms with Crippen molar-refractivity contribution < 1.29 is 9.21 Å². The number of nitrogens with zero attached hydrogens (tertiary/aromatic N) is 3. The van der Waals surface area contributed by atoms with Crippen LogP contribution in [0.5, 0.6) is 0 Å². The minimum Gasteiger partial charge on any atom is -0.436 e. The van der Waals surface area contributed by atoms with E-state index in [1.165, 1.54) is 6.33 Å². The van der Waals surface area contributed by atoms with Gasteiger partial charge in [-0.1, -0.05) is 60.7 Å². The van der Waals surface area contributed by atoms with Gasteiger partial charge in [-0.3, -0.25) is 0 Å². The molecule has 0 aliphatic rings. The van der Waals surface area contributed by atoms with E-state index in [0.717, 1.165) is 61.6 Å². The number of hydrogen-bond acceptors (Lipinski definition) is 6. The lowest BCUT2D eigenvalue weighted by Gasteiger charge is -2.15. The molecule has 8 nitrogen and oxygen atoms in total. The van der Waals surface area contributed by atoms with Crippen molar-refractivity contribution >= 4 is 56.9 Å². The highest BCUT2D eigenvalue weighted by atomic mass is 127. The van der Waals surface area contributed by atoms with Crippen LogP contribution in [0.15, 0.2) is 89.6 Å². The Morgan fingerprint density at radius 2 is 1.67 bits per heavy atom. The molecule has 0 atom stereocenters. The molecule has 9 heteroatoms. The first-order chi connectivity index (χ1) is 19.0. The van der Waals surface area contributed by atoms with Crippen molar-refractivity contribution in [1.29, 1.82) is 0 Å². The highest BCUT2D eigenvalue weighted by Gasteiger charge is 2.18. The number of benzene rings is 3. The first-order valence-electron chi connectivity index (χ1n) is 12.6. The topological polar surface area (TPSA) is 95.3 Å². The summed E-state index contributed by atoms with van der Waals surface area (Å²) in [5.74, 6) is 1.54. The number of carbonyl (C=O) groups is 1. The van der Waals surface area contributed by atoms with Crippen molar-refractivity contribution in [2.75, 3.05) is 36.6 Å². The number of anilines is 3. The Bertz CT molecular complexity index is 1570. The maximum Gasteiger partial charge on any atom is 0.323 e. The number of fused-ring (bicyclic) bond motifs is 1. The molecule has 0 fully saturated rings. The van der Waals surface area contributed by atoms with Gasteiger partial charge in [0, 0.05) is 30.0 Å². The summed E-state index contributed by atoms with van der Waals surface area (Å²) >= 11 is 2.30. The Balaban J connectivity index is 1.18. The summed E-state index contributed by atoms with van der Waals surface area (Å²) in [5.41, 5.74) is 5.30. The van der Waals surface area contributed by atoms with Crippen LogP contribution < -0.4 is 16.0 Å². The number of para-hydroxylation sites is 1. The van der Waals surface area contributed by atoms with Crippen LogP contribution in [0.2, 0.25) is 0 Å². The van der Waals surface area contributed by atoms with Gasteiger partial charge in [-0.2, -0.15) is 0 Å². The molecule has 5 rings (SSSR count). The minimum absolute atomic E-state index is 0.270. The summed E-state index contributed by atoms with van der Waals surface area (Å²) in [7, 11) is 4.00. The number of halogens is 1. The van der Waals surface area contributed by atoms with E-state index in [9.17, 15) is 4.79 Å². The predicted molar refractivity (Wildman–Crippen MR) is 165 cm³/mol. The SMILES string of the molecule is CN(C)Cc1ccccc1NC(=O)Nc1ccc(CCNc2ncnc3oc(-c4ccccc4)c(I)c23)cc1. The Morgan fingerprint density at radius 1 is 0.923 bits per heavy atom. The molecule has 3 aromatic carbocycles. The molecule has 39 heavy (non-hydrogen) atoms. The number of furan rings is 1. The minimum atomic E-state index is -0.270. The maximum atomic E-state index is 12.6. The summed E-state index contributed by atoms with van der Waals surface area (Å²) in [5, 5.41) is 10.2. The number of rotatable bonds is 9. The number of nitrogens with one attached hydrogen (secondary N) is 3. The fraction of sp³-hybridized carbons (Fsp3) is 0.167. The number of urea groups is 1. The van der Waals surface area contributed by atoms with Crippen molar-refractivity contribution in [2.45, 2.75) is 13.0 Å². The zero-order chi connectivity index (χ0) is 27.2. The molecule has 198 valence electrons. The number of aromatic nitrogens is 2. The van der Waals surface area contributed by atoms with Crippen LogP contribution >= 0.6 is 22.6 Å². The molecule has 0 aliphatic heterocycles. The number of amides is 2. The van der Waals surface area contributed by atoms with E-state index >= 15 is 0 Å². The van der Waals surface area contributed by atoms with Gasteiger partial charge in [0.1, 0.15) is 12.1 Å². The lowest BCUT2D eigenvalue weighted by Crippen LogP contribution is -2.21. The molecule has 0 saturated heterocycles. The molecular weight excluding hydrogens is 603 g/mol. The molecule has 0 spiro atoms. The zero-order valence-corrected chi connectivity index (χ0v) is 23.9. The number of hydrogen-bond donors (Lipinski definition) is 3. The molecule has 0 unspecified atom stereocenters. The smallest absolute Gasteiger partial charge is 0.323 e. The van der Waals surface area contributed by atoms with Crippen LogP contribution in [0, 0.1) is 3.57 Å². The predicted octanol–water partition coefficient (Wildman–Crippen LogP) is 6.85. The second kappa shape index (κ2) is 12.3. The standard InChI is InChI=1S/C30H29IN6O2/c1-37(2)18-22-10-6-7-11-24(22)36-30(38)35-23-14-12-20(13-15-23)16-17-32-28-25-26(31)27(21-8-4-3-5-9-21)39-29(25)34-19-33-28/h3-15,19H,16-18H2,1-2H3,(H,32,33,34)(H2,35,36,38). The Kier molecular flexibility index (Phi) is 8.38. The fourth-order valence-corrected chi connectivity index (χ4v) is 5.20. The van der Waals surface area contributed by atoms with Gasteiger partial charge in [0.25, 0.3) is 0 Å². The second-order valence-corrected chi connectivity index (χ2v) is 10.4. The van der Waals surface area contributed by atoms with Gasteiger partial charge in [-0.15, -0.1) is 0 Å². The van der Waals surface area contributed by atoms with Crippen molar-refractivity contribution in [2.24, 2.45) is 0 Å².